The lowest BCUT2D eigenvalue weighted by Crippen LogP contribution is -2.29. The Morgan fingerprint density at radius 3 is 2.12 bits per heavy atom. The summed E-state index contributed by atoms with van der Waals surface area (Å²) >= 11 is 0. The van der Waals surface area contributed by atoms with Crippen molar-refractivity contribution in [2.75, 3.05) is 33.0 Å². The molecule has 1 N–H and O–H groups in total. The number of hydrogen-bond donors (Lipinski definition) is 1. The van der Waals surface area contributed by atoms with Crippen LogP contribution in [0.5, 0.6) is 0 Å². The highest BCUT2D eigenvalue weighted by Crippen LogP contribution is 1.98. The average Bonchev–Trinajstić information content (AvgIpc) is 2.26. The van der Waals surface area contributed by atoms with Crippen LogP contribution in [-0.2, 0) is 9.47 Å². The first-order chi connectivity index (χ1) is 7.66. The minimum absolute atomic E-state index is 0.589. The largest absolute Gasteiger partial charge is 0.379 e. The van der Waals surface area contributed by atoms with Gasteiger partial charge in [0.2, 0.25) is 0 Å². The van der Waals surface area contributed by atoms with E-state index in [0.717, 1.165) is 45.1 Å². The first kappa shape index (κ1) is 15.9. The summed E-state index contributed by atoms with van der Waals surface area (Å²) in [5.41, 5.74) is 0. The molecule has 0 aromatic rings. The Bertz CT molecular complexity index is 140. The molecule has 0 bridgehead atoms. The Labute approximate surface area is 101 Å². The number of rotatable bonds is 11. The summed E-state index contributed by atoms with van der Waals surface area (Å²) in [6.07, 6.45) is 2.30. The van der Waals surface area contributed by atoms with Crippen LogP contribution in [0.3, 0.4) is 0 Å². The zero-order chi connectivity index (χ0) is 12.2. The van der Waals surface area contributed by atoms with Crippen LogP contribution >= 0.6 is 0 Å². The van der Waals surface area contributed by atoms with Crippen molar-refractivity contribution in [2.24, 2.45) is 5.92 Å². The van der Waals surface area contributed by atoms with Crippen molar-refractivity contribution in [3.63, 3.8) is 0 Å². The van der Waals surface area contributed by atoms with Gasteiger partial charge in [-0.3, -0.25) is 0 Å². The molecule has 1 atom stereocenters. The maximum atomic E-state index is 5.45. The second-order valence-corrected chi connectivity index (χ2v) is 4.67. The Kier molecular flexibility index (Phi) is 11.3. The van der Waals surface area contributed by atoms with Crippen molar-refractivity contribution in [3.05, 3.63) is 0 Å². The SMILES string of the molecule is CCC(C)NCCOCCOCCC(C)C. The zero-order valence-electron chi connectivity index (χ0n) is 11.4. The molecule has 0 aromatic heterocycles. The van der Waals surface area contributed by atoms with Gasteiger partial charge in [-0.1, -0.05) is 20.8 Å². The van der Waals surface area contributed by atoms with E-state index < -0.39 is 0 Å². The number of hydrogen-bond acceptors (Lipinski definition) is 3. The molecule has 98 valence electrons. The fraction of sp³-hybridized carbons (Fsp3) is 1.00. The molecule has 0 aliphatic carbocycles. The quantitative estimate of drug-likeness (QED) is 0.554. The van der Waals surface area contributed by atoms with Gasteiger partial charge in [0.15, 0.2) is 0 Å². The Hall–Kier alpha value is -0.120. The lowest BCUT2D eigenvalue weighted by molar-refractivity contribution is 0.0445. The van der Waals surface area contributed by atoms with Crippen LogP contribution in [0, 0.1) is 5.92 Å². The smallest absolute Gasteiger partial charge is 0.0701 e. The zero-order valence-corrected chi connectivity index (χ0v) is 11.4. The van der Waals surface area contributed by atoms with E-state index in [0.29, 0.717) is 12.6 Å². The van der Waals surface area contributed by atoms with E-state index in [1.807, 2.05) is 0 Å². The highest BCUT2D eigenvalue weighted by atomic mass is 16.5. The summed E-state index contributed by atoms with van der Waals surface area (Å²) in [6.45, 7) is 12.8. The third-order valence-corrected chi connectivity index (χ3v) is 2.56. The fourth-order valence-corrected chi connectivity index (χ4v) is 1.16. The Morgan fingerprint density at radius 2 is 1.56 bits per heavy atom. The van der Waals surface area contributed by atoms with Crippen LogP contribution < -0.4 is 5.32 Å². The molecule has 0 rings (SSSR count). The van der Waals surface area contributed by atoms with E-state index in [1.165, 1.54) is 0 Å². The molecule has 0 heterocycles. The third-order valence-electron chi connectivity index (χ3n) is 2.56. The molecule has 1 unspecified atom stereocenters. The first-order valence-corrected chi connectivity index (χ1v) is 6.55. The first-order valence-electron chi connectivity index (χ1n) is 6.55. The van der Waals surface area contributed by atoms with Gasteiger partial charge in [-0.15, -0.1) is 0 Å². The number of nitrogens with one attached hydrogen (secondary N) is 1. The van der Waals surface area contributed by atoms with Gasteiger partial charge in [0.1, 0.15) is 0 Å². The minimum atomic E-state index is 0.589. The fourth-order valence-electron chi connectivity index (χ4n) is 1.16. The molecule has 0 fully saturated rings. The Morgan fingerprint density at radius 1 is 0.938 bits per heavy atom. The van der Waals surface area contributed by atoms with E-state index in [2.05, 4.69) is 33.0 Å². The van der Waals surface area contributed by atoms with Gasteiger partial charge in [0.25, 0.3) is 0 Å². The summed E-state index contributed by atoms with van der Waals surface area (Å²) in [7, 11) is 0. The van der Waals surface area contributed by atoms with Crippen LogP contribution in [0.1, 0.15) is 40.5 Å². The van der Waals surface area contributed by atoms with E-state index in [9.17, 15) is 0 Å². The van der Waals surface area contributed by atoms with Crippen molar-refractivity contribution in [1.29, 1.82) is 0 Å². The summed E-state index contributed by atoms with van der Waals surface area (Å²) in [4.78, 5) is 0. The summed E-state index contributed by atoms with van der Waals surface area (Å²) in [6, 6.07) is 0.589. The normalized spacial score (nSPS) is 13.3. The van der Waals surface area contributed by atoms with Crippen LogP contribution in [0.25, 0.3) is 0 Å². The van der Waals surface area contributed by atoms with Crippen molar-refractivity contribution in [1.82, 2.24) is 5.32 Å². The highest BCUT2D eigenvalue weighted by molar-refractivity contribution is 4.56. The van der Waals surface area contributed by atoms with Crippen molar-refractivity contribution < 1.29 is 9.47 Å². The Balaban J connectivity index is 2.99. The van der Waals surface area contributed by atoms with Crippen LogP contribution in [-0.4, -0.2) is 39.0 Å². The van der Waals surface area contributed by atoms with E-state index >= 15 is 0 Å². The van der Waals surface area contributed by atoms with Gasteiger partial charge in [0, 0.05) is 19.2 Å². The maximum absolute atomic E-state index is 5.45. The van der Waals surface area contributed by atoms with Crippen molar-refractivity contribution in [2.45, 2.75) is 46.6 Å². The highest BCUT2D eigenvalue weighted by Gasteiger charge is 1.96. The van der Waals surface area contributed by atoms with Crippen molar-refractivity contribution in [3.8, 4) is 0 Å². The maximum Gasteiger partial charge on any atom is 0.0701 e. The van der Waals surface area contributed by atoms with Crippen LogP contribution in [0.15, 0.2) is 0 Å². The lowest BCUT2D eigenvalue weighted by atomic mass is 10.1. The molecule has 0 spiro atoms. The molecule has 0 radical (unpaired) electrons. The lowest BCUT2D eigenvalue weighted by Gasteiger charge is -2.11. The van der Waals surface area contributed by atoms with Gasteiger partial charge in [-0.25, -0.2) is 0 Å². The van der Waals surface area contributed by atoms with Gasteiger partial charge < -0.3 is 14.8 Å². The van der Waals surface area contributed by atoms with Crippen molar-refractivity contribution >= 4 is 0 Å². The van der Waals surface area contributed by atoms with Crippen LogP contribution in [0.2, 0.25) is 0 Å². The molecule has 0 aromatic carbocycles. The summed E-state index contributed by atoms with van der Waals surface area (Å²) in [5.74, 6) is 0.723. The molecule has 3 nitrogen and oxygen atoms in total. The van der Waals surface area contributed by atoms with E-state index in [1.54, 1.807) is 0 Å². The van der Waals surface area contributed by atoms with Gasteiger partial charge in [-0.05, 0) is 25.7 Å². The molecule has 0 aliphatic heterocycles. The molecular formula is C13H29NO2. The predicted molar refractivity (Wildman–Crippen MR) is 68.8 cm³/mol. The average molecular weight is 231 g/mol. The summed E-state index contributed by atoms with van der Waals surface area (Å²) < 4.78 is 10.9. The predicted octanol–water partition coefficient (Wildman–Crippen LogP) is 2.45. The third kappa shape index (κ3) is 12.0. The molecular weight excluding hydrogens is 202 g/mol. The van der Waals surface area contributed by atoms with E-state index in [4.69, 9.17) is 9.47 Å². The summed E-state index contributed by atoms with van der Waals surface area (Å²) in [5, 5.41) is 3.38. The van der Waals surface area contributed by atoms with E-state index in [-0.39, 0.29) is 0 Å². The molecule has 3 heteroatoms. The minimum Gasteiger partial charge on any atom is -0.379 e. The van der Waals surface area contributed by atoms with Crippen LogP contribution in [0.4, 0.5) is 0 Å². The second-order valence-electron chi connectivity index (χ2n) is 4.67. The number of ether oxygens (including phenoxy) is 2. The van der Waals surface area contributed by atoms with Gasteiger partial charge in [0.05, 0.1) is 19.8 Å². The molecule has 0 amide bonds. The molecule has 0 saturated heterocycles. The monoisotopic (exact) mass is 231 g/mol. The topological polar surface area (TPSA) is 30.5 Å². The molecule has 0 aliphatic rings. The van der Waals surface area contributed by atoms with Gasteiger partial charge >= 0.3 is 0 Å². The van der Waals surface area contributed by atoms with Gasteiger partial charge in [-0.2, -0.15) is 0 Å². The molecule has 0 saturated carbocycles. The molecule has 16 heavy (non-hydrogen) atoms. The second kappa shape index (κ2) is 11.4. The standard InChI is InChI=1S/C13H29NO2/c1-5-13(4)14-7-9-16-11-10-15-8-6-12(2)3/h12-14H,5-11H2,1-4H3.